The third kappa shape index (κ3) is 3.73. The number of piperidine rings is 1. The lowest BCUT2D eigenvalue weighted by molar-refractivity contribution is -0.122. The first-order valence-corrected chi connectivity index (χ1v) is 9.74. The third-order valence-electron chi connectivity index (χ3n) is 5.87. The summed E-state index contributed by atoms with van der Waals surface area (Å²) in [5.41, 5.74) is 2.11. The molecule has 1 aliphatic heterocycles. The van der Waals surface area contributed by atoms with E-state index in [1.165, 1.54) is 13.3 Å². The van der Waals surface area contributed by atoms with E-state index in [1.54, 1.807) is 10.9 Å². The van der Waals surface area contributed by atoms with E-state index < -0.39 is 0 Å². The van der Waals surface area contributed by atoms with Crippen molar-refractivity contribution in [3.63, 3.8) is 0 Å². The minimum atomic E-state index is -0.324. The summed E-state index contributed by atoms with van der Waals surface area (Å²) in [6.45, 7) is 1.45. The van der Waals surface area contributed by atoms with E-state index in [4.69, 9.17) is 0 Å². The van der Waals surface area contributed by atoms with Gasteiger partial charge in [0.2, 0.25) is 0 Å². The van der Waals surface area contributed by atoms with Gasteiger partial charge in [0.1, 0.15) is 5.69 Å². The van der Waals surface area contributed by atoms with Crippen LogP contribution in [0.15, 0.2) is 30.5 Å². The predicted octanol–water partition coefficient (Wildman–Crippen LogP) is 2.25. The second-order valence-corrected chi connectivity index (χ2v) is 7.89. The SMILES string of the molecule is CC(=O)c1cn(-c2ccc(C[C@@H](C#N)CC(=O)[C@H]3N[C@@H]4CC[C@H]3C4)cc2)nn1. The lowest BCUT2D eigenvalue weighted by atomic mass is 9.88. The fourth-order valence-electron chi connectivity index (χ4n) is 4.37. The molecule has 1 saturated heterocycles. The van der Waals surface area contributed by atoms with Crippen LogP contribution in [0.4, 0.5) is 0 Å². The van der Waals surface area contributed by atoms with E-state index in [2.05, 4.69) is 21.7 Å². The first-order chi connectivity index (χ1) is 13.5. The number of ketones is 2. The number of fused-ring (bicyclic) bond motifs is 2. The van der Waals surface area contributed by atoms with Crippen LogP contribution in [0.5, 0.6) is 0 Å². The van der Waals surface area contributed by atoms with Crippen molar-refractivity contribution in [1.82, 2.24) is 20.3 Å². The molecule has 7 heteroatoms. The standard InChI is InChI=1S/C21H23N5O2/c1-13(27)19-12-26(25-24-19)18-6-2-14(3-7-18)8-15(11-22)9-20(28)21-16-4-5-17(10-16)23-21/h2-3,6-7,12,15-17,21,23H,4-5,8-10H2,1H3/t15-,16+,17-,21+/m1/s1. The number of hydrogen-bond acceptors (Lipinski definition) is 6. The number of carbonyl (C=O) groups is 2. The molecule has 2 aliphatic rings. The van der Waals surface area contributed by atoms with Gasteiger partial charge in [-0.05, 0) is 49.3 Å². The molecule has 0 radical (unpaired) electrons. The average Bonchev–Trinajstić information content (AvgIpc) is 3.44. The molecule has 2 heterocycles. The number of rotatable bonds is 7. The van der Waals surface area contributed by atoms with Crippen LogP contribution in [0, 0.1) is 23.2 Å². The molecule has 144 valence electrons. The molecule has 2 aromatic rings. The highest BCUT2D eigenvalue weighted by Crippen LogP contribution is 2.36. The number of hydrogen-bond donors (Lipinski definition) is 1. The van der Waals surface area contributed by atoms with Crippen molar-refractivity contribution in [2.75, 3.05) is 0 Å². The number of nitrogens with zero attached hydrogens (tertiary/aromatic N) is 4. The summed E-state index contributed by atoms with van der Waals surface area (Å²) in [7, 11) is 0. The van der Waals surface area contributed by atoms with E-state index in [1.807, 2.05) is 24.3 Å². The molecule has 1 aliphatic carbocycles. The Morgan fingerprint density at radius 3 is 2.68 bits per heavy atom. The molecule has 1 saturated carbocycles. The quantitative estimate of drug-likeness (QED) is 0.743. The van der Waals surface area contributed by atoms with Crippen molar-refractivity contribution < 1.29 is 9.59 Å². The summed E-state index contributed by atoms with van der Waals surface area (Å²) >= 11 is 0. The minimum Gasteiger partial charge on any atom is -0.304 e. The Bertz CT molecular complexity index is 927. The smallest absolute Gasteiger partial charge is 0.181 e. The van der Waals surface area contributed by atoms with Crippen molar-refractivity contribution in [2.45, 2.75) is 51.1 Å². The van der Waals surface area contributed by atoms with Crippen LogP contribution in [-0.4, -0.2) is 38.6 Å². The molecular weight excluding hydrogens is 354 g/mol. The summed E-state index contributed by atoms with van der Waals surface area (Å²) in [5, 5.41) is 20.7. The van der Waals surface area contributed by atoms with Gasteiger partial charge in [0, 0.05) is 19.4 Å². The molecule has 1 N–H and O–H groups in total. The first kappa shape index (κ1) is 18.5. The lowest BCUT2D eigenvalue weighted by Crippen LogP contribution is -2.42. The number of nitriles is 1. The van der Waals surface area contributed by atoms with Gasteiger partial charge in [-0.3, -0.25) is 9.59 Å². The van der Waals surface area contributed by atoms with E-state index in [0.29, 0.717) is 30.5 Å². The topological polar surface area (TPSA) is 101 Å². The Balaban J connectivity index is 1.37. The molecule has 1 aromatic heterocycles. The van der Waals surface area contributed by atoms with Crippen molar-refractivity contribution in [3.05, 3.63) is 41.7 Å². The Labute approximate surface area is 163 Å². The maximum atomic E-state index is 12.6. The zero-order valence-corrected chi connectivity index (χ0v) is 15.8. The molecule has 28 heavy (non-hydrogen) atoms. The number of Topliss-reactive ketones (excluding diaryl/α,β-unsaturated/α-hetero) is 2. The van der Waals surface area contributed by atoms with Gasteiger partial charge < -0.3 is 5.32 Å². The van der Waals surface area contributed by atoms with E-state index >= 15 is 0 Å². The first-order valence-electron chi connectivity index (χ1n) is 9.74. The van der Waals surface area contributed by atoms with E-state index in [9.17, 15) is 14.9 Å². The third-order valence-corrected chi connectivity index (χ3v) is 5.87. The molecule has 0 unspecified atom stereocenters. The molecule has 4 rings (SSSR count). The molecule has 4 atom stereocenters. The largest absolute Gasteiger partial charge is 0.304 e. The predicted molar refractivity (Wildman–Crippen MR) is 102 cm³/mol. The average molecular weight is 377 g/mol. The summed E-state index contributed by atoms with van der Waals surface area (Å²) in [6, 6.07) is 10.3. The molecule has 0 amide bonds. The maximum absolute atomic E-state index is 12.6. The Hall–Kier alpha value is -2.85. The second kappa shape index (κ2) is 7.64. The van der Waals surface area contributed by atoms with Crippen LogP contribution in [0.25, 0.3) is 5.69 Å². The van der Waals surface area contributed by atoms with Crippen molar-refractivity contribution in [3.8, 4) is 11.8 Å². The Morgan fingerprint density at radius 1 is 1.32 bits per heavy atom. The molecule has 7 nitrogen and oxygen atoms in total. The van der Waals surface area contributed by atoms with Crippen LogP contribution >= 0.6 is 0 Å². The van der Waals surface area contributed by atoms with Gasteiger partial charge in [-0.2, -0.15) is 5.26 Å². The summed E-state index contributed by atoms with van der Waals surface area (Å²) < 4.78 is 1.55. The van der Waals surface area contributed by atoms with Crippen molar-refractivity contribution in [2.24, 2.45) is 11.8 Å². The summed E-state index contributed by atoms with van der Waals surface area (Å²) in [6.07, 6.45) is 5.82. The highest BCUT2D eigenvalue weighted by molar-refractivity contribution is 5.91. The number of carbonyl (C=O) groups excluding carboxylic acids is 2. The summed E-state index contributed by atoms with van der Waals surface area (Å²) in [4.78, 5) is 24.0. The second-order valence-electron chi connectivity index (χ2n) is 7.89. The van der Waals surface area contributed by atoms with Crippen LogP contribution in [0.3, 0.4) is 0 Å². The molecule has 1 aromatic carbocycles. The van der Waals surface area contributed by atoms with Crippen molar-refractivity contribution in [1.29, 1.82) is 5.26 Å². The van der Waals surface area contributed by atoms with Gasteiger partial charge in [0.15, 0.2) is 11.6 Å². The van der Waals surface area contributed by atoms with Crippen molar-refractivity contribution >= 4 is 11.6 Å². The summed E-state index contributed by atoms with van der Waals surface area (Å²) in [5.74, 6) is 0.179. The number of aromatic nitrogens is 3. The monoisotopic (exact) mass is 377 g/mol. The highest BCUT2D eigenvalue weighted by Gasteiger charge is 2.42. The Kier molecular flexibility index (Phi) is 5.05. The van der Waals surface area contributed by atoms with Crippen LogP contribution in [-0.2, 0) is 11.2 Å². The van der Waals surface area contributed by atoms with Crippen LogP contribution < -0.4 is 5.32 Å². The zero-order valence-electron chi connectivity index (χ0n) is 15.8. The molecule has 2 fully saturated rings. The van der Waals surface area contributed by atoms with Gasteiger partial charge in [-0.25, -0.2) is 4.68 Å². The number of nitrogens with one attached hydrogen (secondary N) is 1. The molecular formula is C21H23N5O2. The zero-order chi connectivity index (χ0) is 19.7. The van der Waals surface area contributed by atoms with Crippen LogP contribution in [0.2, 0.25) is 0 Å². The minimum absolute atomic E-state index is 0.0558. The van der Waals surface area contributed by atoms with E-state index in [-0.39, 0.29) is 23.5 Å². The normalized spacial score (nSPS) is 24.1. The van der Waals surface area contributed by atoms with E-state index in [0.717, 1.165) is 24.1 Å². The fourth-order valence-corrected chi connectivity index (χ4v) is 4.37. The number of benzene rings is 1. The Morgan fingerprint density at radius 2 is 2.11 bits per heavy atom. The molecule has 0 spiro atoms. The van der Waals surface area contributed by atoms with Gasteiger partial charge in [-0.1, -0.05) is 17.3 Å². The maximum Gasteiger partial charge on any atom is 0.181 e. The van der Waals surface area contributed by atoms with Gasteiger partial charge in [-0.15, -0.1) is 5.10 Å². The highest BCUT2D eigenvalue weighted by atomic mass is 16.1. The fraction of sp³-hybridized carbons (Fsp3) is 0.476. The van der Waals surface area contributed by atoms with Gasteiger partial charge >= 0.3 is 0 Å². The lowest BCUT2D eigenvalue weighted by Gasteiger charge is -2.22. The van der Waals surface area contributed by atoms with Gasteiger partial charge in [0.25, 0.3) is 0 Å². The van der Waals surface area contributed by atoms with Gasteiger partial charge in [0.05, 0.1) is 29.9 Å². The molecule has 2 bridgehead atoms. The van der Waals surface area contributed by atoms with Crippen LogP contribution in [0.1, 0.15) is 48.7 Å².